The van der Waals surface area contributed by atoms with Crippen LogP contribution in [0.1, 0.15) is 37.3 Å². The maximum absolute atomic E-state index is 12.8. The van der Waals surface area contributed by atoms with Crippen LogP contribution in [0.3, 0.4) is 0 Å². The van der Waals surface area contributed by atoms with Gasteiger partial charge in [0.2, 0.25) is 15.9 Å². The number of anilines is 1. The molecule has 2 aromatic rings. The van der Waals surface area contributed by atoms with Gasteiger partial charge < -0.3 is 5.32 Å². The van der Waals surface area contributed by atoms with Crippen molar-refractivity contribution in [3.8, 4) is 0 Å². The second-order valence-electron chi connectivity index (χ2n) is 8.00. The highest BCUT2D eigenvalue weighted by Crippen LogP contribution is 2.22. The summed E-state index contributed by atoms with van der Waals surface area (Å²) in [5.41, 5.74) is 2.98. The third kappa shape index (κ3) is 5.28. The maximum Gasteiger partial charge on any atom is 0.243 e. The normalized spacial score (nSPS) is 16.4. The zero-order valence-electron chi connectivity index (χ0n) is 18.0. The minimum Gasteiger partial charge on any atom is -0.325 e. The van der Waals surface area contributed by atoms with Crippen molar-refractivity contribution in [2.75, 3.05) is 25.5 Å². The highest BCUT2D eigenvalue weighted by atomic mass is 32.2. The van der Waals surface area contributed by atoms with E-state index in [0.29, 0.717) is 25.3 Å². The Bertz CT molecular complexity index is 967. The summed E-state index contributed by atoms with van der Waals surface area (Å²) in [6, 6.07) is 14.3. The van der Waals surface area contributed by atoms with Crippen LogP contribution in [0.2, 0.25) is 0 Å². The molecule has 7 heteroatoms. The molecule has 0 aliphatic carbocycles. The molecule has 1 fully saturated rings. The number of hydrogen-bond acceptors (Lipinski definition) is 4. The highest BCUT2D eigenvalue weighted by molar-refractivity contribution is 7.89. The molecule has 2 aromatic carbocycles. The number of carbonyl (C=O) groups is 1. The Morgan fingerprint density at radius 3 is 2.33 bits per heavy atom. The molecule has 0 saturated carbocycles. The van der Waals surface area contributed by atoms with E-state index in [1.165, 1.54) is 11.1 Å². The number of aryl methyl sites for hydroxylation is 1. The zero-order chi connectivity index (χ0) is 21.7. The van der Waals surface area contributed by atoms with Gasteiger partial charge in [-0.2, -0.15) is 4.31 Å². The second kappa shape index (κ2) is 9.73. The first-order chi connectivity index (χ1) is 14.3. The van der Waals surface area contributed by atoms with Crippen molar-refractivity contribution in [2.45, 2.75) is 50.6 Å². The maximum atomic E-state index is 12.8. The molecule has 6 nitrogen and oxygen atoms in total. The van der Waals surface area contributed by atoms with E-state index in [0.717, 1.165) is 19.3 Å². The number of benzene rings is 2. The van der Waals surface area contributed by atoms with Crippen LogP contribution in [0.5, 0.6) is 0 Å². The molecule has 0 radical (unpaired) electrons. The van der Waals surface area contributed by atoms with Crippen molar-refractivity contribution in [3.05, 3.63) is 59.7 Å². The Balaban J connectivity index is 1.61. The predicted octanol–water partition coefficient (Wildman–Crippen LogP) is 3.63. The zero-order valence-corrected chi connectivity index (χ0v) is 18.8. The van der Waals surface area contributed by atoms with Crippen molar-refractivity contribution in [3.63, 3.8) is 0 Å². The van der Waals surface area contributed by atoms with Gasteiger partial charge in [0.05, 0.1) is 10.9 Å². The average molecular weight is 430 g/mol. The number of carbonyl (C=O) groups excluding carboxylic acids is 1. The Morgan fingerprint density at radius 2 is 1.70 bits per heavy atom. The van der Waals surface area contributed by atoms with Crippen molar-refractivity contribution >= 4 is 21.6 Å². The van der Waals surface area contributed by atoms with Crippen molar-refractivity contribution in [1.29, 1.82) is 0 Å². The van der Waals surface area contributed by atoms with Gasteiger partial charge in [0.1, 0.15) is 0 Å². The van der Waals surface area contributed by atoms with Gasteiger partial charge in [0.15, 0.2) is 0 Å². The third-order valence-electron chi connectivity index (χ3n) is 5.80. The summed E-state index contributed by atoms with van der Waals surface area (Å²) >= 11 is 0. The molecule has 0 aromatic heterocycles. The highest BCUT2D eigenvalue weighted by Gasteiger charge is 2.26. The minimum atomic E-state index is -3.46. The largest absolute Gasteiger partial charge is 0.325 e. The summed E-state index contributed by atoms with van der Waals surface area (Å²) in [5.74, 6) is -0.127. The Labute approximate surface area is 179 Å². The molecular formula is C23H31N3O3S. The van der Waals surface area contributed by atoms with Crippen LogP contribution in [-0.2, 0) is 21.4 Å². The van der Waals surface area contributed by atoms with Gasteiger partial charge in [0, 0.05) is 25.3 Å². The molecule has 1 amide bonds. The summed E-state index contributed by atoms with van der Waals surface area (Å²) in [7, 11) is -1.54. The lowest BCUT2D eigenvalue weighted by molar-refractivity contribution is -0.120. The molecule has 1 aliphatic heterocycles. The van der Waals surface area contributed by atoms with Crippen molar-refractivity contribution in [2.24, 2.45) is 0 Å². The van der Waals surface area contributed by atoms with E-state index in [4.69, 9.17) is 0 Å². The molecule has 1 atom stereocenters. The van der Waals surface area contributed by atoms with Crippen LogP contribution in [0.25, 0.3) is 0 Å². The summed E-state index contributed by atoms with van der Waals surface area (Å²) in [6.45, 7) is 5.75. The topological polar surface area (TPSA) is 69.7 Å². The molecule has 0 bridgehead atoms. The monoisotopic (exact) mass is 429 g/mol. The number of likely N-dealkylation sites (N-methyl/N-ethyl adjacent to an activating group) is 1. The van der Waals surface area contributed by atoms with Crippen molar-refractivity contribution < 1.29 is 13.2 Å². The molecule has 3 rings (SSSR count). The van der Waals surface area contributed by atoms with Crippen molar-refractivity contribution in [1.82, 2.24) is 9.21 Å². The van der Waals surface area contributed by atoms with Crippen LogP contribution < -0.4 is 5.32 Å². The predicted molar refractivity (Wildman–Crippen MR) is 120 cm³/mol. The molecule has 1 N–H and O–H groups in total. The molecule has 1 aliphatic rings. The fourth-order valence-electron chi connectivity index (χ4n) is 3.60. The number of amides is 1. The van der Waals surface area contributed by atoms with Gasteiger partial charge >= 0.3 is 0 Å². The molecule has 162 valence electrons. The first-order valence-corrected chi connectivity index (χ1v) is 11.9. The number of piperidine rings is 1. The summed E-state index contributed by atoms with van der Waals surface area (Å²) in [6.07, 6.45) is 2.88. The Morgan fingerprint density at radius 1 is 1.07 bits per heavy atom. The van der Waals surface area contributed by atoms with E-state index in [1.54, 1.807) is 28.6 Å². The molecule has 30 heavy (non-hydrogen) atoms. The third-order valence-corrected chi connectivity index (χ3v) is 7.71. The standard InChI is InChI=1S/C23H31N3O3S/c1-18-9-5-6-10-20(18)17-25(3)19(2)23(27)24-21-11-13-22(14-12-21)30(28,29)26-15-7-4-8-16-26/h5-6,9-14,19H,4,7-8,15-17H2,1-3H3,(H,24,27). The molecule has 1 unspecified atom stereocenters. The number of sulfonamides is 1. The van der Waals surface area contributed by atoms with Gasteiger partial charge in [-0.15, -0.1) is 0 Å². The lowest BCUT2D eigenvalue weighted by Crippen LogP contribution is -2.39. The fourth-order valence-corrected chi connectivity index (χ4v) is 5.12. The van der Waals surface area contributed by atoms with E-state index in [9.17, 15) is 13.2 Å². The number of hydrogen-bond donors (Lipinski definition) is 1. The molecule has 0 spiro atoms. The van der Waals surface area contributed by atoms with Gasteiger partial charge in [-0.05, 0) is 69.1 Å². The SMILES string of the molecule is Cc1ccccc1CN(C)C(C)C(=O)Nc1ccc(S(=O)(=O)N2CCCCC2)cc1. The van der Waals surface area contributed by atoms with Crippen LogP contribution in [-0.4, -0.2) is 49.7 Å². The lowest BCUT2D eigenvalue weighted by Gasteiger charge is -2.26. The Kier molecular flexibility index (Phi) is 7.28. The van der Waals surface area contributed by atoms with Crippen LogP contribution in [0.4, 0.5) is 5.69 Å². The Hall–Kier alpha value is -2.22. The second-order valence-corrected chi connectivity index (χ2v) is 9.93. The van der Waals surface area contributed by atoms with E-state index in [1.807, 2.05) is 31.0 Å². The van der Waals surface area contributed by atoms with Gasteiger partial charge in [-0.1, -0.05) is 30.7 Å². The quantitative estimate of drug-likeness (QED) is 0.730. The molecular weight excluding hydrogens is 398 g/mol. The lowest BCUT2D eigenvalue weighted by atomic mass is 10.1. The summed E-state index contributed by atoms with van der Waals surface area (Å²) in [5, 5.41) is 2.89. The van der Waals surface area contributed by atoms with E-state index < -0.39 is 10.0 Å². The number of nitrogens with one attached hydrogen (secondary N) is 1. The molecule has 1 heterocycles. The van der Waals surface area contributed by atoms with E-state index >= 15 is 0 Å². The van der Waals surface area contributed by atoms with Crippen LogP contribution >= 0.6 is 0 Å². The summed E-state index contributed by atoms with van der Waals surface area (Å²) < 4.78 is 27.1. The van der Waals surface area contributed by atoms with Crippen LogP contribution in [0, 0.1) is 6.92 Å². The molecule has 1 saturated heterocycles. The minimum absolute atomic E-state index is 0.127. The first-order valence-electron chi connectivity index (χ1n) is 10.4. The number of rotatable bonds is 7. The number of nitrogens with zero attached hydrogens (tertiary/aromatic N) is 2. The van der Waals surface area contributed by atoms with Gasteiger partial charge in [-0.25, -0.2) is 8.42 Å². The van der Waals surface area contributed by atoms with E-state index in [2.05, 4.69) is 24.4 Å². The summed E-state index contributed by atoms with van der Waals surface area (Å²) in [4.78, 5) is 14.9. The first kappa shape index (κ1) is 22.5. The van der Waals surface area contributed by atoms with Gasteiger partial charge in [0.25, 0.3) is 0 Å². The smallest absolute Gasteiger partial charge is 0.243 e. The van der Waals surface area contributed by atoms with E-state index in [-0.39, 0.29) is 16.8 Å². The van der Waals surface area contributed by atoms with Crippen LogP contribution in [0.15, 0.2) is 53.4 Å². The fraction of sp³-hybridized carbons (Fsp3) is 0.435. The average Bonchev–Trinajstić information content (AvgIpc) is 2.75. The van der Waals surface area contributed by atoms with Gasteiger partial charge in [-0.3, -0.25) is 9.69 Å².